The predicted octanol–water partition coefficient (Wildman–Crippen LogP) is 4.95. The van der Waals surface area contributed by atoms with Crippen LogP contribution < -0.4 is 14.8 Å². The number of amides is 1. The number of likely N-dealkylation sites (tertiary alicyclic amines) is 1. The summed E-state index contributed by atoms with van der Waals surface area (Å²) in [6.45, 7) is 4.20. The third kappa shape index (κ3) is 5.57. The van der Waals surface area contributed by atoms with E-state index in [1.54, 1.807) is 14.2 Å². The molecule has 3 aromatic rings. The largest absolute Gasteiger partial charge is 0.493 e. The zero-order chi connectivity index (χ0) is 24.1. The minimum Gasteiger partial charge on any atom is -0.493 e. The van der Waals surface area contributed by atoms with Crippen LogP contribution in [0.5, 0.6) is 11.5 Å². The summed E-state index contributed by atoms with van der Waals surface area (Å²) in [6.07, 6.45) is 2.84. The molecule has 6 nitrogen and oxygen atoms in total. The lowest BCUT2D eigenvalue weighted by Crippen LogP contribution is -2.39. The Bertz CT molecular complexity index is 1190. The van der Waals surface area contributed by atoms with Crippen molar-refractivity contribution in [2.75, 3.05) is 39.2 Å². The van der Waals surface area contributed by atoms with E-state index in [2.05, 4.69) is 16.3 Å². The number of fused-ring (bicyclic) bond motifs is 1. The van der Waals surface area contributed by atoms with Crippen LogP contribution in [0.4, 0.5) is 5.69 Å². The number of nitrogens with one attached hydrogen (secondary N) is 1. The number of hydrogen-bond acceptors (Lipinski definition) is 5. The summed E-state index contributed by atoms with van der Waals surface area (Å²) in [6, 6.07) is 17.6. The van der Waals surface area contributed by atoms with Gasteiger partial charge in [-0.1, -0.05) is 24.3 Å². The van der Waals surface area contributed by atoms with Crippen molar-refractivity contribution in [3.8, 4) is 11.5 Å². The topological polar surface area (TPSA) is 67.9 Å². The second kappa shape index (κ2) is 10.7. The van der Waals surface area contributed by atoms with Gasteiger partial charge in [0.05, 0.1) is 14.2 Å². The number of anilines is 1. The van der Waals surface area contributed by atoms with Crippen molar-refractivity contribution in [2.45, 2.75) is 26.2 Å². The molecule has 0 radical (unpaired) electrons. The molecule has 1 fully saturated rings. The maximum Gasteiger partial charge on any atom is 0.221 e. The Morgan fingerprint density at radius 2 is 1.74 bits per heavy atom. The van der Waals surface area contributed by atoms with Crippen LogP contribution >= 0.6 is 0 Å². The number of ether oxygens (including phenoxy) is 2. The smallest absolute Gasteiger partial charge is 0.221 e. The first-order valence-electron chi connectivity index (χ1n) is 11.8. The molecule has 1 amide bonds. The molecule has 4 rings (SSSR count). The quantitative estimate of drug-likeness (QED) is 0.482. The fourth-order valence-electron chi connectivity index (χ4n) is 4.71. The number of methoxy groups -OCH3 is 2. The van der Waals surface area contributed by atoms with Crippen LogP contribution in [-0.4, -0.2) is 50.4 Å². The van der Waals surface area contributed by atoms with E-state index in [0.29, 0.717) is 0 Å². The SMILES string of the molecule is COc1ccc(CCN2CCCC(C(=O)c3ccc4cc(NC(C)=O)ccc4c3)C2)cc1OC. The Balaban J connectivity index is 1.40. The van der Waals surface area contributed by atoms with E-state index in [0.717, 1.165) is 72.4 Å². The number of benzene rings is 3. The van der Waals surface area contributed by atoms with Gasteiger partial charge in [0.2, 0.25) is 5.91 Å². The van der Waals surface area contributed by atoms with Gasteiger partial charge in [-0.25, -0.2) is 0 Å². The number of Topliss-reactive ketones (excluding diaryl/α,β-unsaturated/α-hetero) is 1. The molecular weight excluding hydrogens is 428 g/mol. The summed E-state index contributed by atoms with van der Waals surface area (Å²) < 4.78 is 10.7. The second-order valence-corrected chi connectivity index (χ2v) is 8.90. The van der Waals surface area contributed by atoms with Gasteiger partial charge < -0.3 is 19.7 Å². The minimum atomic E-state index is -0.0980. The Kier molecular flexibility index (Phi) is 7.48. The third-order valence-electron chi connectivity index (χ3n) is 6.49. The lowest BCUT2D eigenvalue weighted by molar-refractivity contribution is -0.114. The number of nitrogens with zero attached hydrogens (tertiary/aromatic N) is 1. The fraction of sp³-hybridized carbons (Fsp3) is 0.357. The average molecular weight is 461 g/mol. The normalized spacial score (nSPS) is 16.3. The number of piperidine rings is 1. The van der Waals surface area contributed by atoms with Crippen molar-refractivity contribution in [1.29, 1.82) is 0 Å². The Labute approximate surface area is 200 Å². The molecule has 1 atom stereocenters. The maximum absolute atomic E-state index is 13.3. The zero-order valence-electron chi connectivity index (χ0n) is 20.1. The van der Waals surface area contributed by atoms with E-state index in [1.807, 2.05) is 48.5 Å². The summed E-state index contributed by atoms with van der Waals surface area (Å²) in [5.74, 6) is 1.60. The van der Waals surface area contributed by atoms with Gasteiger partial charge in [0.1, 0.15) is 0 Å². The minimum absolute atomic E-state index is 0.00950. The number of carbonyl (C=O) groups is 2. The number of rotatable bonds is 8. The third-order valence-corrected chi connectivity index (χ3v) is 6.49. The molecule has 1 heterocycles. The van der Waals surface area contributed by atoms with Crippen LogP contribution in [0.3, 0.4) is 0 Å². The van der Waals surface area contributed by atoms with Gasteiger partial charge in [0, 0.05) is 37.2 Å². The summed E-state index contributed by atoms with van der Waals surface area (Å²) in [5, 5.41) is 4.81. The first-order chi connectivity index (χ1) is 16.5. The molecule has 178 valence electrons. The molecule has 1 aliphatic rings. The van der Waals surface area contributed by atoms with Gasteiger partial charge in [0.25, 0.3) is 0 Å². The number of hydrogen-bond donors (Lipinski definition) is 1. The summed E-state index contributed by atoms with van der Waals surface area (Å²) in [7, 11) is 3.29. The van der Waals surface area contributed by atoms with Crippen LogP contribution in [0.1, 0.15) is 35.7 Å². The molecule has 0 aromatic heterocycles. The van der Waals surface area contributed by atoms with Crippen molar-refractivity contribution in [2.24, 2.45) is 5.92 Å². The first kappa shape index (κ1) is 23.8. The standard InChI is InChI=1S/C28H32N2O4/c1-19(31)29-25-10-9-21-16-23(8-7-22(21)17-25)28(32)24-5-4-13-30(18-24)14-12-20-6-11-26(33-2)27(15-20)34-3/h6-11,15-17,24H,4-5,12-14,18H2,1-3H3,(H,29,31). The van der Waals surface area contributed by atoms with Crippen LogP contribution in [-0.2, 0) is 11.2 Å². The molecule has 1 N–H and O–H groups in total. The Hall–Kier alpha value is -3.38. The molecule has 0 spiro atoms. The van der Waals surface area contributed by atoms with E-state index in [-0.39, 0.29) is 17.6 Å². The molecule has 1 unspecified atom stereocenters. The highest BCUT2D eigenvalue weighted by Crippen LogP contribution is 2.29. The van der Waals surface area contributed by atoms with Gasteiger partial charge in [-0.2, -0.15) is 0 Å². The summed E-state index contributed by atoms with van der Waals surface area (Å²) >= 11 is 0. The molecule has 6 heteroatoms. The van der Waals surface area contributed by atoms with Crippen molar-refractivity contribution in [3.05, 3.63) is 65.7 Å². The van der Waals surface area contributed by atoms with Crippen molar-refractivity contribution >= 4 is 28.2 Å². The molecule has 0 bridgehead atoms. The second-order valence-electron chi connectivity index (χ2n) is 8.90. The Morgan fingerprint density at radius 3 is 2.50 bits per heavy atom. The van der Waals surface area contributed by atoms with Crippen molar-refractivity contribution < 1.29 is 19.1 Å². The molecule has 0 aliphatic carbocycles. The number of carbonyl (C=O) groups excluding carboxylic acids is 2. The van der Waals surface area contributed by atoms with Crippen molar-refractivity contribution in [1.82, 2.24) is 4.90 Å². The van der Waals surface area contributed by atoms with E-state index in [9.17, 15) is 9.59 Å². The highest BCUT2D eigenvalue weighted by atomic mass is 16.5. The fourth-order valence-corrected chi connectivity index (χ4v) is 4.71. The monoisotopic (exact) mass is 460 g/mol. The highest BCUT2D eigenvalue weighted by Gasteiger charge is 2.26. The van der Waals surface area contributed by atoms with Gasteiger partial charge in [-0.3, -0.25) is 9.59 Å². The summed E-state index contributed by atoms with van der Waals surface area (Å²) in [5.41, 5.74) is 2.71. The highest BCUT2D eigenvalue weighted by molar-refractivity contribution is 6.02. The molecular formula is C28H32N2O4. The molecule has 0 saturated carbocycles. The van der Waals surface area contributed by atoms with Crippen LogP contribution in [0.2, 0.25) is 0 Å². The zero-order valence-corrected chi connectivity index (χ0v) is 20.1. The van der Waals surface area contributed by atoms with Gasteiger partial charge in [-0.15, -0.1) is 0 Å². The number of ketones is 1. The Morgan fingerprint density at radius 1 is 0.971 bits per heavy atom. The van der Waals surface area contributed by atoms with E-state index in [1.165, 1.54) is 12.5 Å². The van der Waals surface area contributed by atoms with E-state index >= 15 is 0 Å². The van der Waals surface area contributed by atoms with E-state index in [4.69, 9.17) is 9.47 Å². The van der Waals surface area contributed by atoms with Gasteiger partial charge >= 0.3 is 0 Å². The van der Waals surface area contributed by atoms with Crippen LogP contribution in [0, 0.1) is 5.92 Å². The first-order valence-corrected chi connectivity index (χ1v) is 11.8. The molecule has 1 aliphatic heterocycles. The summed E-state index contributed by atoms with van der Waals surface area (Å²) in [4.78, 5) is 27.0. The molecule has 34 heavy (non-hydrogen) atoms. The van der Waals surface area contributed by atoms with Gasteiger partial charge in [0.15, 0.2) is 17.3 Å². The molecule has 1 saturated heterocycles. The lowest BCUT2D eigenvalue weighted by Gasteiger charge is -2.32. The lowest BCUT2D eigenvalue weighted by atomic mass is 9.89. The van der Waals surface area contributed by atoms with Gasteiger partial charge in [-0.05, 0) is 72.5 Å². The van der Waals surface area contributed by atoms with E-state index < -0.39 is 0 Å². The maximum atomic E-state index is 13.3. The predicted molar refractivity (Wildman–Crippen MR) is 135 cm³/mol. The van der Waals surface area contributed by atoms with Crippen molar-refractivity contribution in [3.63, 3.8) is 0 Å². The molecule has 3 aromatic carbocycles. The average Bonchev–Trinajstić information content (AvgIpc) is 2.86. The van der Waals surface area contributed by atoms with Crippen LogP contribution in [0.25, 0.3) is 10.8 Å². The van der Waals surface area contributed by atoms with Crippen LogP contribution in [0.15, 0.2) is 54.6 Å².